The molecule has 0 amide bonds. The van der Waals surface area contributed by atoms with Crippen molar-refractivity contribution in [3.8, 4) is 0 Å². The standard InChI is InChI=1S/C13H24N2O4S/c1-5-14-9-13(8-12(14)10-16)20(17,18)15(11(2)3)6-7-19-4/h8-9,11,16H,5-7,10H2,1-4H3. The number of nitrogens with zero attached hydrogens (tertiary/aromatic N) is 2. The first-order valence-electron chi connectivity index (χ1n) is 6.69. The van der Waals surface area contributed by atoms with E-state index in [1.165, 1.54) is 10.4 Å². The van der Waals surface area contributed by atoms with Crippen LogP contribution in [0.25, 0.3) is 0 Å². The number of rotatable bonds is 8. The van der Waals surface area contributed by atoms with Gasteiger partial charge in [0.25, 0.3) is 0 Å². The number of aliphatic hydroxyl groups is 1. The Labute approximate surface area is 121 Å². The molecule has 1 rings (SSSR count). The third-order valence-corrected chi connectivity index (χ3v) is 5.20. The lowest BCUT2D eigenvalue weighted by Crippen LogP contribution is -2.39. The fourth-order valence-corrected chi connectivity index (χ4v) is 3.75. The largest absolute Gasteiger partial charge is 0.390 e. The quantitative estimate of drug-likeness (QED) is 0.779. The maximum atomic E-state index is 12.7. The van der Waals surface area contributed by atoms with Crippen LogP contribution in [0.4, 0.5) is 0 Å². The minimum absolute atomic E-state index is 0.155. The number of ether oxygens (including phenoxy) is 1. The van der Waals surface area contributed by atoms with Gasteiger partial charge in [-0.2, -0.15) is 4.31 Å². The fourth-order valence-electron chi connectivity index (χ4n) is 2.07. The van der Waals surface area contributed by atoms with Crippen LogP contribution in [0.5, 0.6) is 0 Å². The molecule has 0 aromatic carbocycles. The van der Waals surface area contributed by atoms with Gasteiger partial charge in [-0.1, -0.05) is 0 Å². The van der Waals surface area contributed by atoms with Crippen molar-refractivity contribution in [1.82, 2.24) is 8.87 Å². The molecule has 0 saturated heterocycles. The van der Waals surface area contributed by atoms with Crippen molar-refractivity contribution in [2.24, 2.45) is 0 Å². The summed E-state index contributed by atoms with van der Waals surface area (Å²) >= 11 is 0. The van der Waals surface area contributed by atoms with E-state index in [0.29, 0.717) is 25.4 Å². The third kappa shape index (κ3) is 3.60. The highest BCUT2D eigenvalue weighted by Crippen LogP contribution is 2.21. The molecule has 6 nitrogen and oxygen atoms in total. The highest BCUT2D eigenvalue weighted by molar-refractivity contribution is 7.89. The lowest BCUT2D eigenvalue weighted by molar-refractivity contribution is 0.171. The molecule has 0 aliphatic carbocycles. The lowest BCUT2D eigenvalue weighted by Gasteiger charge is -2.25. The minimum atomic E-state index is -3.57. The molecule has 0 atom stereocenters. The first kappa shape index (κ1) is 17.2. The van der Waals surface area contributed by atoms with Gasteiger partial charge in [0, 0.05) is 38.1 Å². The first-order chi connectivity index (χ1) is 9.38. The van der Waals surface area contributed by atoms with Crippen molar-refractivity contribution < 1.29 is 18.3 Å². The predicted molar refractivity (Wildman–Crippen MR) is 76.9 cm³/mol. The Morgan fingerprint density at radius 3 is 2.50 bits per heavy atom. The van der Waals surface area contributed by atoms with E-state index < -0.39 is 10.0 Å². The zero-order chi connectivity index (χ0) is 15.3. The molecule has 1 N–H and O–H groups in total. The average molecular weight is 304 g/mol. The topological polar surface area (TPSA) is 71.8 Å². The van der Waals surface area contributed by atoms with E-state index in [2.05, 4.69) is 0 Å². The van der Waals surface area contributed by atoms with E-state index in [0.717, 1.165) is 0 Å². The zero-order valence-electron chi connectivity index (χ0n) is 12.5. The van der Waals surface area contributed by atoms with Crippen molar-refractivity contribution in [3.05, 3.63) is 18.0 Å². The van der Waals surface area contributed by atoms with Gasteiger partial charge in [-0.3, -0.25) is 0 Å². The van der Waals surface area contributed by atoms with E-state index in [1.807, 2.05) is 20.8 Å². The molecule has 0 radical (unpaired) electrons. The van der Waals surface area contributed by atoms with Crippen LogP contribution in [-0.2, 0) is 27.9 Å². The highest BCUT2D eigenvalue weighted by atomic mass is 32.2. The van der Waals surface area contributed by atoms with Gasteiger partial charge >= 0.3 is 0 Å². The first-order valence-corrected chi connectivity index (χ1v) is 8.13. The second-order valence-corrected chi connectivity index (χ2v) is 6.70. The van der Waals surface area contributed by atoms with Gasteiger partial charge < -0.3 is 14.4 Å². The van der Waals surface area contributed by atoms with Crippen LogP contribution >= 0.6 is 0 Å². The number of hydrogen-bond donors (Lipinski definition) is 1. The van der Waals surface area contributed by atoms with Gasteiger partial charge in [-0.15, -0.1) is 0 Å². The number of hydrogen-bond acceptors (Lipinski definition) is 4. The van der Waals surface area contributed by atoms with Crippen molar-refractivity contribution in [1.29, 1.82) is 0 Å². The van der Waals surface area contributed by atoms with E-state index in [-0.39, 0.29) is 17.5 Å². The van der Waals surface area contributed by atoms with Gasteiger partial charge in [0.15, 0.2) is 0 Å². The summed E-state index contributed by atoms with van der Waals surface area (Å²) in [5.41, 5.74) is 0.599. The number of aromatic nitrogens is 1. The maximum Gasteiger partial charge on any atom is 0.244 e. The summed E-state index contributed by atoms with van der Waals surface area (Å²) in [7, 11) is -2.03. The van der Waals surface area contributed by atoms with Gasteiger partial charge in [-0.05, 0) is 26.8 Å². The number of methoxy groups -OCH3 is 1. The van der Waals surface area contributed by atoms with Crippen LogP contribution < -0.4 is 0 Å². The monoisotopic (exact) mass is 304 g/mol. The Balaban J connectivity index is 3.15. The summed E-state index contributed by atoms with van der Waals surface area (Å²) in [4.78, 5) is 0.216. The molecule has 0 fully saturated rings. The second kappa shape index (κ2) is 7.21. The summed E-state index contributed by atoms with van der Waals surface area (Å²) in [6.07, 6.45) is 1.57. The number of aliphatic hydroxyl groups excluding tert-OH is 1. The van der Waals surface area contributed by atoms with Crippen LogP contribution in [0, 0.1) is 0 Å². The van der Waals surface area contributed by atoms with Crippen molar-refractivity contribution in [2.45, 2.75) is 44.9 Å². The summed E-state index contributed by atoms with van der Waals surface area (Å²) in [5, 5.41) is 9.27. The molecule has 0 aliphatic heterocycles. The Hall–Kier alpha value is -0.890. The molecule has 0 unspecified atom stereocenters. The maximum absolute atomic E-state index is 12.7. The van der Waals surface area contributed by atoms with Crippen LogP contribution in [0.2, 0.25) is 0 Å². The van der Waals surface area contributed by atoms with Gasteiger partial charge in [0.2, 0.25) is 10.0 Å². The van der Waals surface area contributed by atoms with E-state index in [1.54, 1.807) is 17.9 Å². The fraction of sp³-hybridized carbons (Fsp3) is 0.692. The Bertz CT molecular complexity index is 501. The van der Waals surface area contributed by atoms with Gasteiger partial charge in [0.05, 0.1) is 13.2 Å². The van der Waals surface area contributed by atoms with Crippen LogP contribution in [-0.4, -0.2) is 48.7 Å². The van der Waals surface area contributed by atoms with E-state index in [4.69, 9.17) is 4.74 Å². The molecule has 1 heterocycles. The van der Waals surface area contributed by atoms with Crippen LogP contribution in [0.3, 0.4) is 0 Å². The minimum Gasteiger partial charge on any atom is -0.390 e. The van der Waals surface area contributed by atoms with Crippen molar-refractivity contribution in [3.63, 3.8) is 0 Å². The molecule has 20 heavy (non-hydrogen) atoms. The zero-order valence-corrected chi connectivity index (χ0v) is 13.4. The molecular formula is C13H24N2O4S. The molecular weight excluding hydrogens is 280 g/mol. The van der Waals surface area contributed by atoms with Gasteiger partial charge in [-0.25, -0.2) is 8.42 Å². The van der Waals surface area contributed by atoms with Gasteiger partial charge in [0.1, 0.15) is 4.90 Å². The van der Waals surface area contributed by atoms with Crippen LogP contribution in [0.15, 0.2) is 17.2 Å². The third-order valence-electron chi connectivity index (χ3n) is 3.16. The molecule has 1 aromatic rings. The van der Waals surface area contributed by atoms with Crippen LogP contribution in [0.1, 0.15) is 26.5 Å². The predicted octanol–water partition coefficient (Wildman–Crippen LogP) is 1.05. The molecule has 0 spiro atoms. The summed E-state index contributed by atoms with van der Waals surface area (Å²) < 4.78 is 33.4. The SMILES string of the molecule is CCn1cc(S(=O)(=O)N(CCOC)C(C)C)cc1CO. The second-order valence-electron chi connectivity index (χ2n) is 4.81. The Morgan fingerprint density at radius 1 is 1.45 bits per heavy atom. The Kier molecular flexibility index (Phi) is 6.19. The summed E-state index contributed by atoms with van der Waals surface area (Å²) in [5.74, 6) is 0. The molecule has 0 saturated carbocycles. The van der Waals surface area contributed by atoms with E-state index in [9.17, 15) is 13.5 Å². The highest BCUT2D eigenvalue weighted by Gasteiger charge is 2.28. The van der Waals surface area contributed by atoms with E-state index >= 15 is 0 Å². The summed E-state index contributed by atoms with van der Waals surface area (Å²) in [6, 6.07) is 1.37. The molecule has 0 aliphatic rings. The average Bonchev–Trinajstić information content (AvgIpc) is 2.82. The molecule has 1 aromatic heterocycles. The van der Waals surface area contributed by atoms with Crippen molar-refractivity contribution in [2.75, 3.05) is 20.3 Å². The normalized spacial score (nSPS) is 12.6. The summed E-state index contributed by atoms with van der Waals surface area (Å²) in [6.45, 7) is 6.66. The number of aryl methyl sites for hydroxylation is 1. The van der Waals surface area contributed by atoms with Crippen molar-refractivity contribution >= 4 is 10.0 Å². The molecule has 7 heteroatoms. The Morgan fingerprint density at radius 2 is 2.10 bits per heavy atom. The smallest absolute Gasteiger partial charge is 0.244 e. The molecule has 0 bridgehead atoms. The number of sulfonamides is 1. The lowest BCUT2D eigenvalue weighted by atomic mass is 10.4. The molecule has 116 valence electrons.